The van der Waals surface area contributed by atoms with E-state index in [0.29, 0.717) is 11.5 Å². The van der Waals surface area contributed by atoms with E-state index in [1.807, 2.05) is 0 Å². The van der Waals surface area contributed by atoms with E-state index in [-0.39, 0.29) is 5.82 Å². The summed E-state index contributed by atoms with van der Waals surface area (Å²) in [6.45, 7) is 0. The van der Waals surface area contributed by atoms with Gasteiger partial charge >= 0.3 is 0 Å². The Morgan fingerprint density at radius 3 is 2.38 bits per heavy atom. The molecule has 3 rings (SSSR count). The minimum Gasteiger partial charge on any atom is -0.298 e. The molecule has 1 aliphatic rings. The molecule has 0 aliphatic heterocycles. The molecule has 1 aliphatic carbocycles. The second-order valence-corrected chi connectivity index (χ2v) is 5.70. The van der Waals surface area contributed by atoms with Crippen LogP contribution in [0.1, 0.15) is 60.5 Å². The molecule has 1 heterocycles. The summed E-state index contributed by atoms with van der Waals surface area (Å²) in [6.07, 6.45) is 9.77. The number of benzene rings is 1. The molecule has 0 radical (unpaired) electrons. The molecule has 0 N–H and O–H groups in total. The van der Waals surface area contributed by atoms with Crippen molar-refractivity contribution in [1.29, 1.82) is 0 Å². The summed E-state index contributed by atoms with van der Waals surface area (Å²) in [5.74, 6) is 0.0971. The maximum absolute atomic E-state index is 13.0. The monoisotopic (exact) mass is 286 g/mol. The van der Waals surface area contributed by atoms with Crippen LogP contribution in [0.3, 0.4) is 0 Å². The van der Waals surface area contributed by atoms with Crippen LogP contribution in [0.15, 0.2) is 30.5 Å². The summed E-state index contributed by atoms with van der Waals surface area (Å²) in [5, 5.41) is 4.61. The van der Waals surface area contributed by atoms with Crippen molar-refractivity contribution in [2.45, 2.75) is 44.4 Å². The fraction of sp³-hybridized carbons (Fsp3) is 0.412. The van der Waals surface area contributed by atoms with E-state index in [1.54, 1.807) is 23.0 Å². The Bertz CT molecular complexity index is 610. The third-order valence-corrected chi connectivity index (χ3v) is 4.23. The summed E-state index contributed by atoms with van der Waals surface area (Å²) in [6, 6.07) is 6.16. The van der Waals surface area contributed by atoms with Gasteiger partial charge in [0.1, 0.15) is 5.82 Å². The number of carbonyl (C=O) groups excluding carboxylic acids is 1. The van der Waals surface area contributed by atoms with Gasteiger partial charge in [0.25, 0.3) is 0 Å². The zero-order chi connectivity index (χ0) is 14.7. The smallest absolute Gasteiger partial charge is 0.153 e. The minimum absolute atomic E-state index is 0.273. The summed E-state index contributed by atoms with van der Waals surface area (Å²) < 4.78 is 14.7. The predicted molar refractivity (Wildman–Crippen MR) is 79.4 cm³/mol. The number of rotatable bonds is 3. The topological polar surface area (TPSA) is 34.9 Å². The van der Waals surface area contributed by atoms with Crippen LogP contribution in [-0.2, 0) is 0 Å². The Morgan fingerprint density at radius 1 is 1.10 bits per heavy atom. The standard InChI is InChI=1S/C17H19FN2O/c18-15-7-9-16(10-8-15)20-11-14(12-21)17(19-20)13-5-3-1-2-4-6-13/h7-13H,1-6H2. The quantitative estimate of drug-likeness (QED) is 0.624. The molecular formula is C17H19FN2O. The lowest BCUT2D eigenvalue weighted by atomic mass is 9.94. The number of nitrogens with zero attached hydrogens (tertiary/aromatic N) is 2. The first-order chi connectivity index (χ1) is 10.3. The maximum atomic E-state index is 13.0. The van der Waals surface area contributed by atoms with Crippen molar-refractivity contribution in [3.8, 4) is 5.69 Å². The first kappa shape index (κ1) is 14.0. The third kappa shape index (κ3) is 3.04. The lowest BCUT2D eigenvalue weighted by molar-refractivity contribution is 0.112. The number of aldehydes is 1. The molecule has 2 aromatic rings. The maximum Gasteiger partial charge on any atom is 0.153 e. The van der Waals surface area contributed by atoms with Crippen molar-refractivity contribution in [2.75, 3.05) is 0 Å². The molecule has 0 bridgehead atoms. The normalized spacial score (nSPS) is 16.6. The van der Waals surface area contributed by atoms with Crippen molar-refractivity contribution >= 4 is 6.29 Å². The highest BCUT2D eigenvalue weighted by Crippen LogP contribution is 2.32. The lowest BCUT2D eigenvalue weighted by Crippen LogP contribution is -2.03. The van der Waals surface area contributed by atoms with Crippen molar-refractivity contribution in [1.82, 2.24) is 9.78 Å². The lowest BCUT2D eigenvalue weighted by Gasteiger charge is -2.11. The van der Waals surface area contributed by atoms with Gasteiger partial charge in [-0.1, -0.05) is 25.7 Å². The van der Waals surface area contributed by atoms with E-state index in [2.05, 4.69) is 5.10 Å². The molecule has 110 valence electrons. The first-order valence-electron chi connectivity index (χ1n) is 7.58. The van der Waals surface area contributed by atoms with Crippen LogP contribution in [0.2, 0.25) is 0 Å². The molecule has 0 spiro atoms. The second kappa shape index (κ2) is 6.20. The fourth-order valence-corrected chi connectivity index (χ4v) is 3.09. The van der Waals surface area contributed by atoms with Gasteiger partial charge in [-0.25, -0.2) is 9.07 Å². The SMILES string of the molecule is O=Cc1cn(-c2ccc(F)cc2)nc1C1CCCCCC1. The molecule has 3 nitrogen and oxygen atoms in total. The van der Waals surface area contributed by atoms with Gasteiger partial charge in [-0.15, -0.1) is 0 Å². The van der Waals surface area contributed by atoms with Crippen LogP contribution in [0.25, 0.3) is 5.69 Å². The van der Waals surface area contributed by atoms with Crippen molar-refractivity contribution in [2.24, 2.45) is 0 Å². The molecule has 1 aromatic heterocycles. The van der Waals surface area contributed by atoms with Crippen LogP contribution in [0.5, 0.6) is 0 Å². The average Bonchev–Trinajstić information content (AvgIpc) is 2.75. The van der Waals surface area contributed by atoms with Crippen LogP contribution in [0, 0.1) is 5.82 Å². The molecule has 1 saturated carbocycles. The fourth-order valence-electron chi connectivity index (χ4n) is 3.09. The Morgan fingerprint density at radius 2 is 1.76 bits per heavy atom. The van der Waals surface area contributed by atoms with Crippen LogP contribution < -0.4 is 0 Å². The van der Waals surface area contributed by atoms with Crippen molar-refractivity contribution < 1.29 is 9.18 Å². The zero-order valence-electron chi connectivity index (χ0n) is 12.0. The van der Waals surface area contributed by atoms with Crippen molar-refractivity contribution in [3.05, 3.63) is 47.5 Å². The van der Waals surface area contributed by atoms with Gasteiger partial charge in [-0.3, -0.25) is 4.79 Å². The Hall–Kier alpha value is -1.97. The summed E-state index contributed by atoms with van der Waals surface area (Å²) in [7, 11) is 0. The largest absolute Gasteiger partial charge is 0.298 e. The molecule has 0 unspecified atom stereocenters. The molecule has 4 heteroatoms. The van der Waals surface area contributed by atoms with Gasteiger partial charge in [0, 0.05) is 12.1 Å². The Balaban J connectivity index is 1.93. The third-order valence-electron chi connectivity index (χ3n) is 4.23. The first-order valence-corrected chi connectivity index (χ1v) is 7.58. The van der Waals surface area contributed by atoms with Gasteiger partial charge in [0.15, 0.2) is 6.29 Å². The highest BCUT2D eigenvalue weighted by Gasteiger charge is 2.21. The zero-order valence-corrected chi connectivity index (χ0v) is 12.0. The van der Waals surface area contributed by atoms with Crippen molar-refractivity contribution in [3.63, 3.8) is 0 Å². The number of aromatic nitrogens is 2. The predicted octanol–water partition coefficient (Wildman–Crippen LogP) is 4.26. The van der Waals surface area contributed by atoms with E-state index >= 15 is 0 Å². The average molecular weight is 286 g/mol. The minimum atomic E-state index is -0.273. The van der Waals surface area contributed by atoms with Gasteiger partial charge in [-0.05, 0) is 37.1 Å². The Labute approximate surface area is 123 Å². The van der Waals surface area contributed by atoms with E-state index in [9.17, 15) is 9.18 Å². The van der Waals surface area contributed by atoms with Crippen LogP contribution >= 0.6 is 0 Å². The van der Waals surface area contributed by atoms with Crippen LogP contribution in [0.4, 0.5) is 4.39 Å². The number of halogens is 1. The summed E-state index contributed by atoms with van der Waals surface area (Å²) in [5.41, 5.74) is 2.34. The number of hydrogen-bond acceptors (Lipinski definition) is 2. The van der Waals surface area contributed by atoms with Gasteiger partial charge in [-0.2, -0.15) is 5.10 Å². The van der Waals surface area contributed by atoms with Gasteiger partial charge in [0.2, 0.25) is 0 Å². The molecule has 1 aromatic carbocycles. The number of carbonyl (C=O) groups is 1. The Kier molecular flexibility index (Phi) is 4.13. The van der Waals surface area contributed by atoms with E-state index in [4.69, 9.17) is 0 Å². The highest BCUT2D eigenvalue weighted by atomic mass is 19.1. The van der Waals surface area contributed by atoms with E-state index in [0.717, 1.165) is 30.5 Å². The molecule has 21 heavy (non-hydrogen) atoms. The number of hydrogen-bond donors (Lipinski definition) is 0. The molecule has 0 amide bonds. The summed E-state index contributed by atoms with van der Waals surface area (Å²) >= 11 is 0. The van der Waals surface area contributed by atoms with E-state index < -0.39 is 0 Å². The molecule has 0 saturated heterocycles. The second-order valence-electron chi connectivity index (χ2n) is 5.70. The molecule has 1 fully saturated rings. The van der Waals surface area contributed by atoms with Gasteiger partial charge < -0.3 is 0 Å². The molecule has 0 atom stereocenters. The highest BCUT2D eigenvalue weighted by molar-refractivity contribution is 5.76. The summed E-state index contributed by atoms with van der Waals surface area (Å²) in [4.78, 5) is 11.3. The van der Waals surface area contributed by atoms with Gasteiger partial charge in [0.05, 0.1) is 16.9 Å². The van der Waals surface area contributed by atoms with Crippen LogP contribution in [-0.4, -0.2) is 16.1 Å². The van der Waals surface area contributed by atoms with E-state index in [1.165, 1.54) is 37.8 Å². The molecular weight excluding hydrogens is 267 g/mol.